The summed E-state index contributed by atoms with van der Waals surface area (Å²) in [5.74, 6) is 0.635. The average Bonchev–Trinajstić information content (AvgIpc) is 2.60. The molecule has 0 bridgehead atoms. The minimum atomic E-state index is 0.0312. The van der Waals surface area contributed by atoms with Gasteiger partial charge in [0.2, 0.25) is 11.8 Å². The molecule has 0 radical (unpaired) electrons. The van der Waals surface area contributed by atoms with Crippen LogP contribution in [-0.4, -0.2) is 60.9 Å². The Morgan fingerprint density at radius 1 is 1.15 bits per heavy atom. The number of nitrogens with zero attached hydrogens (tertiary/aromatic N) is 2. The number of carbonyl (C=O) groups is 2. The zero-order valence-electron chi connectivity index (χ0n) is 12.1. The number of hydrogen-bond acceptors (Lipinski definition) is 3. The van der Waals surface area contributed by atoms with Crippen LogP contribution in [0.1, 0.15) is 25.7 Å². The summed E-state index contributed by atoms with van der Waals surface area (Å²) in [4.78, 5) is 28.0. The third kappa shape index (κ3) is 4.07. The second kappa shape index (κ2) is 7.43. The SMILES string of the molecule is C=CCNC(=O)CN1CCCN(C(=O)C2CCC2)CC1. The molecule has 0 spiro atoms. The minimum absolute atomic E-state index is 0.0312. The van der Waals surface area contributed by atoms with Crippen molar-refractivity contribution in [1.82, 2.24) is 15.1 Å². The number of amides is 2. The van der Waals surface area contributed by atoms with Gasteiger partial charge in [-0.1, -0.05) is 12.5 Å². The predicted molar refractivity (Wildman–Crippen MR) is 78.2 cm³/mol. The van der Waals surface area contributed by atoms with Crippen LogP contribution in [0.3, 0.4) is 0 Å². The molecular formula is C15H25N3O2. The van der Waals surface area contributed by atoms with E-state index >= 15 is 0 Å². The van der Waals surface area contributed by atoms with Gasteiger partial charge in [0, 0.05) is 38.6 Å². The first-order valence-electron chi connectivity index (χ1n) is 7.59. The van der Waals surface area contributed by atoms with Gasteiger partial charge in [0.15, 0.2) is 0 Å². The van der Waals surface area contributed by atoms with Gasteiger partial charge in [-0.25, -0.2) is 0 Å². The van der Waals surface area contributed by atoms with Gasteiger partial charge in [0.25, 0.3) is 0 Å². The van der Waals surface area contributed by atoms with Gasteiger partial charge in [-0.15, -0.1) is 6.58 Å². The maximum atomic E-state index is 12.2. The van der Waals surface area contributed by atoms with Crippen molar-refractivity contribution in [2.24, 2.45) is 5.92 Å². The number of carbonyl (C=O) groups excluding carboxylic acids is 2. The van der Waals surface area contributed by atoms with Crippen molar-refractivity contribution in [3.8, 4) is 0 Å². The zero-order valence-corrected chi connectivity index (χ0v) is 12.1. The van der Waals surface area contributed by atoms with Crippen LogP contribution < -0.4 is 5.32 Å². The first-order chi connectivity index (χ1) is 9.70. The Morgan fingerprint density at radius 2 is 1.95 bits per heavy atom. The highest BCUT2D eigenvalue weighted by Crippen LogP contribution is 2.28. The summed E-state index contributed by atoms with van der Waals surface area (Å²) in [6, 6.07) is 0. The van der Waals surface area contributed by atoms with Crippen LogP contribution in [0.5, 0.6) is 0 Å². The number of nitrogens with one attached hydrogen (secondary N) is 1. The molecule has 1 N–H and O–H groups in total. The second-order valence-corrected chi connectivity index (χ2v) is 5.68. The molecule has 0 unspecified atom stereocenters. The summed E-state index contributed by atoms with van der Waals surface area (Å²) < 4.78 is 0. The number of rotatable bonds is 5. The van der Waals surface area contributed by atoms with E-state index in [0.29, 0.717) is 19.0 Å². The molecule has 2 fully saturated rings. The van der Waals surface area contributed by atoms with E-state index in [0.717, 1.165) is 45.4 Å². The summed E-state index contributed by atoms with van der Waals surface area (Å²) in [6.45, 7) is 7.77. The molecule has 0 aromatic heterocycles. The van der Waals surface area contributed by atoms with Crippen LogP contribution in [0.15, 0.2) is 12.7 Å². The fraction of sp³-hybridized carbons (Fsp3) is 0.733. The smallest absolute Gasteiger partial charge is 0.234 e. The molecule has 0 atom stereocenters. The van der Waals surface area contributed by atoms with E-state index in [9.17, 15) is 9.59 Å². The van der Waals surface area contributed by atoms with Crippen molar-refractivity contribution in [3.05, 3.63) is 12.7 Å². The van der Waals surface area contributed by atoms with E-state index in [4.69, 9.17) is 0 Å². The fourth-order valence-electron chi connectivity index (χ4n) is 2.71. The summed E-state index contributed by atoms with van der Waals surface area (Å²) in [7, 11) is 0. The Hall–Kier alpha value is -1.36. The minimum Gasteiger partial charge on any atom is -0.352 e. The molecule has 20 heavy (non-hydrogen) atoms. The van der Waals surface area contributed by atoms with Crippen LogP contribution in [0.2, 0.25) is 0 Å². The molecule has 2 rings (SSSR count). The van der Waals surface area contributed by atoms with E-state index in [1.54, 1.807) is 6.08 Å². The lowest BCUT2D eigenvalue weighted by Gasteiger charge is -2.31. The highest BCUT2D eigenvalue weighted by molar-refractivity contribution is 5.80. The molecule has 1 saturated heterocycles. The average molecular weight is 279 g/mol. The third-order valence-electron chi connectivity index (χ3n) is 4.17. The van der Waals surface area contributed by atoms with Gasteiger partial charge in [0.1, 0.15) is 0 Å². The molecule has 5 heteroatoms. The summed E-state index contributed by atoms with van der Waals surface area (Å²) in [6.07, 6.45) is 5.94. The van der Waals surface area contributed by atoms with Gasteiger partial charge in [-0.3, -0.25) is 14.5 Å². The molecule has 2 amide bonds. The van der Waals surface area contributed by atoms with Crippen LogP contribution in [0.25, 0.3) is 0 Å². The fourth-order valence-corrected chi connectivity index (χ4v) is 2.71. The Kier molecular flexibility index (Phi) is 5.59. The second-order valence-electron chi connectivity index (χ2n) is 5.68. The summed E-state index contributed by atoms with van der Waals surface area (Å²) in [5.41, 5.74) is 0. The van der Waals surface area contributed by atoms with Crippen LogP contribution in [0, 0.1) is 5.92 Å². The van der Waals surface area contributed by atoms with E-state index in [-0.39, 0.29) is 11.8 Å². The largest absolute Gasteiger partial charge is 0.352 e. The van der Waals surface area contributed by atoms with Crippen molar-refractivity contribution < 1.29 is 9.59 Å². The van der Waals surface area contributed by atoms with Gasteiger partial charge < -0.3 is 10.2 Å². The summed E-state index contributed by atoms with van der Waals surface area (Å²) >= 11 is 0. The lowest BCUT2D eigenvalue weighted by molar-refractivity contribution is -0.138. The van der Waals surface area contributed by atoms with Crippen molar-refractivity contribution in [3.63, 3.8) is 0 Å². The van der Waals surface area contributed by atoms with Crippen LogP contribution in [-0.2, 0) is 9.59 Å². The standard InChI is InChI=1S/C15H25N3O2/c1-2-7-16-14(19)12-17-8-4-9-18(11-10-17)15(20)13-5-3-6-13/h2,13H,1,3-12H2,(H,16,19). The molecule has 1 aliphatic heterocycles. The third-order valence-corrected chi connectivity index (χ3v) is 4.17. The maximum Gasteiger partial charge on any atom is 0.234 e. The van der Waals surface area contributed by atoms with E-state index in [2.05, 4.69) is 16.8 Å². The van der Waals surface area contributed by atoms with E-state index in [1.165, 1.54) is 6.42 Å². The van der Waals surface area contributed by atoms with Gasteiger partial charge in [-0.05, 0) is 19.3 Å². The molecule has 0 aromatic rings. The molecular weight excluding hydrogens is 254 g/mol. The Balaban J connectivity index is 1.75. The first kappa shape index (κ1) is 15.0. The molecule has 1 heterocycles. The van der Waals surface area contributed by atoms with Gasteiger partial charge >= 0.3 is 0 Å². The van der Waals surface area contributed by atoms with Crippen molar-refractivity contribution in [1.29, 1.82) is 0 Å². The van der Waals surface area contributed by atoms with Gasteiger partial charge in [-0.2, -0.15) is 0 Å². The lowest BCUT2D eigenvalue weighted by atomic mass is 9.84. The maximum absolute atomic E-state index is 12.2. The topological polar surface area (TPSA) is 52.7 Å². The highest BCUT2D eigenvalue weighted by atomic mass is 16.2. The molecule has 2 aliphatic rings. The van der Waals surface area contributed by atoms with Gasteiger partial charge in [0.05, 0.1) is 6.54 Å². The van der Waals surface area contributed by atoms with Crippen LogP contribution >= 0.6 is 0 Å². The quantitative estimate of drug-likeness (QED) is 0.751. The van der Waals surface area contributed by atoms with Crippen molar-refractivity contribution in [2.75, 3.05) is 39.3 Å². The highest BCUT2D eigenvalue weighted by Gasteiger charge is 2.30. The molecule has 1 aliphatic carbocycles. The van der Waals surface area contributed by atoms with Crippen molar-refractivity contribution >= 4 is 11.8 Å². The molecule has 0 aromatic carbocycles. The van der Waals surface area contributed by atoms with Crippen LogP contribution in [0.4, 0.5) is 0 Å². The van der Waals surface area contributed by atoms with Crippen molar-refractivity contribution in [2.45, 2.75) is 25.7 Å². The van der Waals surface area contributed by atoms with E-state index in [1.807, 2.05) is 4.90 Å². The molecule has 112 valence electrons. The number of hydrogen-bond donors (Lipinski definition) is 1. The summed E-state index contributed by atoms with van der Waals surface area (Å²) in [5, 5.41) is 2.79. The Bertz CT molecular complexity index is 366. The molecule has 5 nitrogen and oxygen atoms in total. The lowest BCUT2D eigenvalue weighted by Crippen LogP contribution is -2.42. The zero-order chi connectivity index (χ0) is 14.4. The first-order valence-corrected chi connectivity index (χ1v) is 7.59. The monoisotopic (exact) mass is 279 g/mol. The normalized spacial score (nSPS) is 20.9. The molecule has 1 saturated carbocycles. The Labute approximate surface area is 121 Å². The Morgan fingerprint density at radius 3 is 2.60 bits per heavy atom. The van der Waals surface area contributed by atoms with E-state index < -0.39 is 0 Å². The predicted octanol–water partition coefficient (Wildman–Crippen LogP) is 0.623.